The summed E-state index contributed by atoms with van der Waals surface area (Å²) in [5.41, 5.74) is 2.20. The van der Waals surface area contributed by atoms with Crippen molar-refractivity contribution in [2.24, 2.45) is 10.2 Å². The number of azo groups is 1. The van der Waals surface area contributed by atoms with Gasteiger partial charge in [-0.1, -0.05) is 44.6 Å². The van der Waals surface area contributed by atoms with E-state index in [9.17, 15) is 0 Å². The van der Waals surface area contributed by atoms with Gasteiger partial charge in [0.2, 0.25) is 0 Å². The number of imidazole rings is 1. The lowest BCUT2D eigenvalue weighted by atomic mass is 10.2. The Bertz CT molecular complexity index is 784. The molecule has 1 saturated heterocycles. The number of likely N-dealkylation sites (N-methyl/N-ethyl adjacent to an activating group) is 1. The largest absolute Gasteiger partial charge is 0.421 e. The van der Waals surface area contributed by atoms with Crippen LogP contribution in [-0.4, -0.2) is 49.3 Å². The number of rotatable bonds is 11. The molecule has 3 rings (SSSR count). The van der Waals surface area contributed by atoms with E-state index >= 15 is 0 Å². The third kappa shape index (κ3) is 6.89. The smallest absolute Gasteiger partial charge is 0.360 e. The summed E-state index contributed by atoms with van der Waals surface area (Å²) in [4.78, 5) is 2.48. The third-order valence-corrected chi connectivity index (χ3v) is 6.37. The van der Waals surface area contributed by atoms with Crippen LogP contribution in [-0.2, 0) is 13.1 Å². The Kier molecular flexibility index (Phi) is 8.64. The Morgan fingerprint density at radius 3 is 2.26 bits per heavy atom. The summed E-state index contributed by atoms with van der Waals surface area (Å²) in [6.45, 7) is 11.1. The molecule has 1 fully saturated rings. The van der Waals surface area contributed by atoms with Gasteiger partial charge >= 0.3 is 5.95 Å². The molecular formula is C25H42N6+2. The predicted octanol–water partition coefficient (Wildman–Crippen LogP) is 5.47. The van der Waals surface area contributed by atoms with Crippen molar-refractivity contribution >= 4 is 17.3 Å². The number of hydrogen-bond acceptors (Lipinski definition) is 3. The number of unbranched alkanes of at least 4 members (excludes halogenated alkanes) is 4. The van der Waals surface area contributed by atoms with Gasteiger partial charge in [-0.05, 0) is 37.1 Å². The molecule has 31 heavy (non-hydrogen) atoms. The molecule has 170 valence electrons. The first kappa shape index (κ1) is 23.5. The maximum absolute atomic E-state index is 4.69. The fourth-order valence-electron chi connectivity index (χ4n) is 4.08. The molecule has 1 aromatic carbocycles. The monoisotopic (exact) mass is 426 g/mol. The number of hydrogen-bond donors (Lipinski definition) is 0. The summed E-state index contributed by atoms with van der Waals surface area (Å²) in [6.07, 6.45) is 11.6. The highest BCUT2D eigenvalue weighted by Gasteiger charge is 2.24. The molecule has 0 bridgehead atoms. The Labute approximate surface area is 188 Å². The van der Waals surface area contributed by atoms with Crippen LogP contribution in [0.1, 0.15) is 52.4 Å². The Balaban J connectivity index is 1.68. The summed E-state index contributed by atoms with van der Waals surface area (Å²) in [7, 11) is 4.63. The molecule has 2 aromatic rings. The van der Waals surface area contributed by atoms with Crippen molar-refractivity contribution in [1.82, 2.24) is 4.57 Å². The first-order chi connectivity index (χ1) is 15.0. The van der Waals surface area contributed by atoms with E-state index in [0.29, 0.717) is 0 Å². The minimum Gasteiger partial charge on any atom is -0.360 e. The lowest BCUT2D eigenvalue weighted by Gasteiger charge is -2.40. The summed E-state index contributed by atoms with van der Waals surface area (Å²) in [5.74, 6) is 0.965. The van der Waals surface area contributed by atoms with Crippen molar-refractivity contribution in [2.45, 2.75) is 65.5 Å². The van der Waals surface area contributed by atoms with Gasteiger partial charge in [0.1, 0.15) is 5.69 Å². The van der Waals surface area contributed by atoms with Crippen LogP contribution in [0.3, 0.4) is 0 Å². The second kappa shape index (κ2) is 11.4. The third-order valence-electron chi connectivity index (χ3n) is 6.37. The van der Waals surface area contributed by atoms with E-state index in [4.69, 9.17) is 0 Å². The van der Waals surface area contributed by atoms with E-state index in [1.165, 1.54) is 57.3 Å². The van der Waals surface area contributed by atoms with Gasteiger partial charge in [-0.3, -0.25) is 0 Å². The van der Waals surface area contributed by atoms with Gasteiger partial charge in [-0.2, -0.15) is 0 Å². The van der Waals surface area contributed by atoms with E-state index in [0.717, 1.165) is 42.3 Å². The molecule has 0 N–H and O–H groups in total. The molecule has 1 aliphatic heterocycles. The lowest BCUT2D eigenvalue weighted by molar-refractivity contribution is -0.890. The standard InChI is InChI=1S/C25H42N6/c1-5-7-9-15-29-17-18-30(16-10-8-6-2)25(29)27-26-23-11-13-24(14-12-23)28-19-21-31(3,4)22-20-28/h11-14,17-18H,5-10,15-16,19-22H2,1-4H3/q+2. The zero-order chi connectivity index (χ0) is 22.1. The van der Waals surface area contributed by atoms with E-state index in [-0.39, 0.29) is 0 Å². The Morgan fingerprint density at radius 2 is 1.58 bits per heavy atom. The Hall–Kier alpha value is -2.21. The molecule has 6 heteroatoms. The molecule has 0 radical (unpaired) electrons. The highest BCUT2D eigenvalue weighted by Crippen LogP contribution is 2.23. The molecule has 6 nitrogen and oxygen atoms in total. The normalized spacial score (nSPS) is 16.3. The van der Waals surface area contributed by atoms with Crippen LogP contribution in [0.5, 0.6) is 0 Å². The SMILES string of the molecule is CCCCCn1cc[n+](CCCCC)c1N=Nc1ccc(N2CC[N+](C)(C)CC2)cc1. The molecule has 0 spiro atoms. The molecule has 0 atom stereocenters. The second-order valence-corrected chi connectivity index (χ2v) is 9.49. The van der Waals surface area contributed by atoms with Crippen molar-refractivity contribution in [3.63, 3.8) is 0 Å². The average molecular weight is 427 g/mol. The van der Waals surface area contributed by atoms with Gasteiger partial charge in [0, 0.05) is 10.8 Å². The van der Waals surface area contributed by atoms with Crippen LogP contribution in [0.2, 0.25) is 0 Å². The summed E-state index contributed by atoms with van der Waals surface area (Å²) >= 11 is 0. The van der Waals surface area contributed by atoms with Crippen LogP contribution in [0, 0.1) is 0 Å². The molecule has 0 aliphatic carbocycles. The first-order valence-electron chi connectivity index (χ1n) is 12.2. The van der Waals surface area contributed by atoms with Crippen LogP contribution < -0.4 is 9.47 Å². The topological polar surface area (TPSA) is 36.8 Å². The van der Waals surface area contributed by atoms with Crippen LogP contribution in [0.15, 0.2) is 46.9 Å². The van der Waals surface area contributed by atoms with Crippen molar-refractivity contribution < 1.29 is 9.05 Å². The van der Waals surface area contributed by atoms with Crippen LogP contribution >= 0.6 is 0 Å². The molecule has 0 amide bonds. The number of aryl methyl sites for hydroxylation is 2. The van der Waals surface area contributed by atoms with Crippen molar-refractivity contribution in [2.75, 3.05) is 45.2 Å². The van der Waals surface area contributed by atoms with Gasteiger partial charge in [-0.15, -0.1) is 0 Å². The Morgan fingerprint density at radius 1 is 0.903 bits per heavy atom. The first-order valence-corrected chi connectivity index (χ1v) is 12.2. The fourth-order valence-corrected chi connectivity index (χ4v) is 4.08. The van der Waals surface area contributed by atoms with E-state index in [1.807, 2.05) is 0 Å². The molecule has 1 aromatic heterocycles. The number of piperazine rings is 1. The van der Waals surface area contributed by atoms with Crippen molar-refractivity contribution in [3.8, 4) is 0 Å². The summed E-state index contributed by atoms with van der Waals surface area (Å²) in [5, 5.41) is 9.29. The van der Waals surface area contributed by atoms with Gasteiger partial charge in [0.05, 0.1) is 65.8 Å². The second-order valence-electron chi connectivity index (χ2n) is 9.49. The lowest BCUT2D eigenvalue weighted by Crippen LogP contribution is -2.54. The highest BCUT2D eigenvalue weighted by atomic mass is 15.4. The molecule has 1 aliphatic rings. The maximum Gasteiger partial charge on any atom is 0.421 e. The quantitative estimate of drug-likeness (QED) is 0.203. The average Bonchev–Trinajstić information content (AvgIpc) is 3.15. The number of quaternary nitrogens is 1. The number of anilines is 1. The highest BCUT2D eigenvalue weighted by molar-refractivity contribution is 5.52. The number of aromatic nitrogens is 2. The van der Waals surface area contributed by atoms with Crippen LogP contribution in [0.4, 0.5) is 17.3 Å². The number of benzene rings is 1. The zero-order valence-corrected chi connectivity index (χ0v) is 20.1. The van der Waals surface area contributed by atoms with E-state index < -0.39 is 0 Å². The van der Waals surface area contributed by atoms with Gasteiger partial charge < -0.3 is 9.38 Å². The fraction of sp³-hybridized carbons (Fsp3) is 0.640. The van der Waals surface area contributed by atoms with Gasteiger partial charge in [-0.25, -0.2) is 9.13 Å². The summed E-state index contributed by atoms with van der Waals surface area (Å²) < 4.78 is 5.62. The molecule has 0 saturated carbocycles. The van der Waals surface area contributed by atoms with Crippen molar-refractivity contribution in [3.05, 3.63) is 36.7 Å². The van der Waals surface area contributed by atoms with E-state index in [2.05, 4.69) is 88.9 Å². The molecule has 2 heterocycles. The van der Waals surface area contributed by atoms with Gasteiger partial charge in [0.25, 0.3) is 0 Å². The molecule has 0 unspecified atom stereocenters. The van der Waals surface area contributed by atoms with E-state index in [1.54, 1.807) is 0 Å². The maximum atomic E-state index is 4.69. The minimum absolute atomic E-state index is 0.915. The van der Waals surface area contributed by atoms with Crippen LogP contribution in [0.25, 0.3) is 0 Å². The molecular weight excluding hydrogens is 384 g/mol. The van der Waals surface area contributed by atoms with Gasteiger partial charge in [0.15, 0.2) is 0 Å². The number of nitrogens with zero attached hydrogens (tertiary/aromatic N) is 6. The summed E-state index contributed by atoms with van der Waals surface area (Å²) in [6, 6.07) is 8.57. The zero-order valence-electron chi connectivity index (χ0n) is 20.1. The van der Waals surface area contributed by atoms with Crippen molar-refractivity contribution in [1.29, 1.82) is 0 Å². The predicted molar refractivity (Wildman–Crippen MR) is 128 cm³/mol. The minimum atomic E-state index is 0.915.